The zero-order valence-corrected chi connectivity index (χ0v) is 9.19. The third-order valence-electron chi connectivity index (χ3n) is 3.20. The Morgan fingerprint density at radius 2 is 2.19 bits per heavy atom. The Hall–Kier alpha value is -1.61. The molecule has 0 aliphatic carbocycles. The molecule has 0 fully saturated rings. The van der Waals surface area contributed by atoms with Gasteiger partial charge >= 0.3 is 0 Å². The Labute approximate surface area is 94.9 Å². The second-order valence-corrected chi connectivity index (χ2v) is 4.16. The number of aromatic nitrogens is 2. The van der Waals surface area contributed by atoms with Gasteiger partial charge in [-0.05, 0) is 18.5 Å². The van der Waals surface area contributed by atoms with E-state index in [-0.39, 0.29) is 0 Å². The predicted octanol–water partition coefficient (Wildman–Crippen LogP) is 1.61. The minimum Gasteiger partial charge on any atom is -0.330 e. The van der Waals surface area contributed by atoms with Gasteiger partial charge in [-0.25, -0.2) is 4.98 Å². The molecular formula is C13H15N3. The number of imidazole rings is 1. The normalized spacial score (nSPS) is 13.3. The molecule has 0 saturated heterocycles. The van der Waals surface area contributed by atoms with Gasteiger partial charge in [0.2, 0.25) is 0 Å². The molecule has 3 rings (SSSR count). The molecule has 1 aromatic heterocycles. The molecule has 0 unspecified atom stereocenters. The molecule has 2 N–H and O–H groups in total. The molecule has 1 aliphatic rings. The molecule has 0 radical (unpaired) electrons. The van der Waals surface area contributed by atoms with Crippen LogP contribution in [-0.4, -0.2) is 16.1 Å². The van der Waals surface area contributed by atoms with Gasteiger partial charge in [-0.3, -0.25) is 0 Å². The lowest BCUT2D eigenvalue weighted by atomic mass is 9.99. The maximum absolute atomic E-state index is 5.59. The van der Waals surface area contributed by atoms with Crippen LogP contribution in [0.25, 0.3) is 11.3 Å². The molecule has 0 bridgehead atoms. The molecule has 2 heterocycles. The highest BCUT2D eigenvalue weighted by atomic mass is 15.1. The molecule has 3 nitrogen and oxygen atoms in total. The SMILES string of the molecule is NCCc1ncc2n1CCc1ccccc1-2. The van der Waals surface area contributed by atoms with Crippen LogP contribution in [0.5, 0.6) is 0 Å². The van der Waals surface area contributed by atoms with E-state index in [9.17, 15) is 0 Å². The van der Waals surface area contributed by atoms with Gasteiger partial charge in [-0.1, -0.05) is 24.3 Å². The van der Waals surface area contributed by atoms with Crippen molar-refractivity contribution in [1.82, 2.24) is 9.55 Å². The summed E-state index contributed by atoms with van der Waals surface area (Å²) in [5.41, 5.74) is 9.58. The fourth-order valence-electron chi connectivity index (χ4n) is 2.43. The summed E-state index contributed by atoms with van der Waals surface area (Å²) in [7, 11) is 0. The Balaban J connectivity index is 2.12. The number of hydrogen-bond acceptors (Lipinski definition) is 2. The lowest BCUT2D eigenvalue weighted by Crippen LogP contribution is -2.15. The van der Waals surface area contributed by atoms with Crippen LogP contribution >= 0.6 is 0 Å². The van der Waals surface area contributed by atoms with E-state index in [1.165, 1.54) is 16.8 Å². The van der Waals surface area contributed by atoms with Gasteiger partial charge in [-0.15, -0.1) is 0 Å². The molecular weight excluding hydrogens is 198 g/mol. The first-order valence-electron chi connectivity index (χ1n) is 5.73. The highest BCUT2D eigenvalue weighted by Crippen LogP contribution is 2.29. The summed E-state index contributed by atoms with van der Waals surface area (Å²) in [6, 6.07) is 8.57. The van der Waals surface area contributed by atoms with E-state index in [0.29, 0.717) is 6.54 Å². The monoisotopic (exact) mass is 213 g/mol. The molecule has 0 amide bonds. The zero-order chi connectivity index (χ0) is 11.0. The van der Waals surface area contributed by atoms with Crippen LogP contribution in [-0.2, 0) is 19.4 Å². The van der Waals surface area contributed by atoms with Gasteiger partial charge in [-0.2, -0.15) is 0 Å². The van der Waals surface area contributed by atoms with E-state index in [1.807, 2.05) is 6.20 Å². The first-order valence-corrected chi connectivity index (χ1v) is 5.73. The summed E-state index contributed by atoms with van der Waals surface area (Å²) in [5.74, 6) is 1.12. The van der Waals surface area contributed by atoms with Gasteiger partial charge in [0.05, 0.1) is 11.9 Å². The maximum atomic E-state index is 5.59. The molecule has 0 atom stereocenters. The van der Waals surface area contributed by atoms with Crippen LogP contribution < -0.4 is 5.73 Å². The first-order chi connectivity index (χ1) is 7.90. The summed E-state index contributed by atoms with van der Waals surface area (Å²) in [6.45, 7) is 1.69. The molecule has 82 valence electrons. The molecule has 16 heavy (non-hydrogen) atoms. The van der Waals surface area contributed by atoms with Gasteiger partial charge in [0.1, 0.15) is 5.82 Å². The number of benzene rings is 1. The van der Waals surface area contributed by atoms with E-state index in [2.05, 4.69) is 33.8 Å². The van der Waals surface area contributed by atoms with E-state index in [1.54, 1.807) is 0 Å². The summed E-state index contributed by atoms with van der Waals surface area (Å²) < 4.78 is 2.30. The predicted molar refractivity (Wildman–Crippen MR) is 64.1 cm³/mol. The summed E-state index contributed by atoms with van der Waals surface area (Å²) >= 11 is 0. The van der Waals surface area contributed by atoms with Gasteiger partial charge in [0.15, 0.2) is 0 Å². The molecule has 1 aromatic carbocycles. The van der Waals surface area contributed by atoms with E-state index >= 15 is 0 Å². The smallest absolute Gasteiger partial charge is 0.110 e. The fraction of sp³-hybridized carbons (Fsp3) is 0.308. The van der Waals surface area contributed by atoms with Crippen molar-refractivity contribution < 1.29 is 0 Å². The van der Waals surface area contributed by atoms with Gasteiger partial charge in [0, 0.05) is 18.5 Å². The van der Waals surface area contributed by atoms with Crippen LogP contribution in [0.1, 0.15) is 11.4 Å². The quantitative estimate of drug-likeness (QED) is 0.823. The Morgan fingerprint density at radius 3 is 3.06 bits per heavy atom. The van der Waals surface area contributed by atoms with Crippen LogP contribution in [0.2, 0.25) is 0 Å². The minimum absolute atomic E-state index is 0.665. The number of aryl methyl sites for hydroxylation is 1. The Kier molecular flexibility index (Phi) is 2.26. The molecule has 1 aliphatic heterocycles. The molecule has 3 heteroatoms. The summed E-state index contributed by atoms with van der Waals surface area (Å²) in [6.07, 6.45) is 3.93. The van der Waals surface area contributed by atoms with Crippen LogP contribution in [0, 0.1) is 0 Å². The van der Waals surface area contributed by atoms with Crippen molar-refractivity contribution in [2.24, 2.45) is 5.73 Å². The van der Waals surface area contributed by atoms with E-state index in [0.717, 1.165) is 25.2 Å². The average Bonchev–Trinajstić information content (AvgIpc) is 2.73. The van der Waals surface area contributed by atoms with E-state index in [4.69, 9.17) is 5.73 Å². The van der Waals surface area contributed by atoms with Crippen molar-refractivity contribution in [3.8, 4) is 11.3 Å². The number of nitrogens with zero attached hydrogens (tertiary/aromatic N) is 2. The second-order valence-electron chi connectivity index (χ2n) is 4.16. The number of fused-ring (bicyclic) bond motifs is 3. The van der Waals surface area contributed by atoms with Crippen molar-refractivity contribution >= 4 is 0 Å². The van der Waals surface area contributed by atoms with Crippen LogP contribution in [0.4, 0.5) is 0 Å². The standard InChI is InChI=1S/C13H15N3/c14-7-5-13-15-9-12-11-4-2-1-3-10(11)6-8-16(12)13/h1-4,9H,5-8,14H2. The topological polar surface area (TPSA) is 43.8 Å². The molecule has 0 saturated carbocycles. The van der Waals surface area contributed by atoms with E-state index < -0.39 is 0 Å². The number of rotatable bonds is 2. The summed E-state index contributed by atoms with van der Waals surface area (Å²) in [4.78, 5) is 4.47. The van der Waals surface area contributed by atoms with Crippen LogP contribution in [0.15, 0.2) is 30.5 Å². The third-order valence-corrected chi connectivity index (χ3v) is 3.20. The largest absolute Gasteiger partial charge is 0.330 e. The van der Waals surface area contributed by atoms with Crippen molar-refractivity contribution in [2.75, 3.05) is 6.54 Å². The zero-order valence-electron chi connectivity index (χ0n) is 9.19. The minimum atomic E-state index is 0.665. The maximum Gasteiger partial charge on any atom is 0.110 e. The Bertz CT molecular complexity index is 514. The second kappa shape index (κ2) is 3.76. The van der Waals surface area contributed by atoms with Gasteiger partial charge in [0.25, 0.3) is 0 Å². The lowest BCUT2D eigenvalue weighted by Gasteiger charge is -2.19. The summed E-state index contributed by atoms with van der Waals surface area (Å²) in [5, 5.41) is 0. The number of hydrogen-bond donors (Lipinski definition) is 1. The third kappa shape index (κ3) is 1.36. The Morgan fingerprint density at radius 1 is 1.31 bits per heavy atom. The van der Waals surface area contributed by atoms with Crippen molar-refractivity contribution in [3.05, 3.63) is 41.9 Å². The molecule has 0 spiro atoms. The fourth-order valence-corrected chi connectivity index (χ4v) is 2.43. The lowest BCUT2D eigenvalue weighted by molar-refractivity contribution is 0.640. The average molecular weight is 213 g/mol. The van der Waals surface area contributed by atoms with Crippen LogP contribution in [0.3, 0.4) is 0 Å². The first kappa shape index (κ1) is 9.60. The highest BCUT2D eigenvalue weighted by Gasteiger charge is 2.18. The van der Waals surface area contributed by atoms with Crippen molar-refractivity contribution in [1.29, 1.82) is 0 Å². The van der Waals surface area contributed by atoms with Gasteiger partial charge < -0.3 is 10.3 Å². The molecule has 2 aromatic rings. The van der Waals surface area contributed by atoms with Crippen molar-refractivity contribution in [3.63, 3.8) is 0 Å². The number of nitrogens with two attached hydrogens (primary N) is 1. The highest BCUT2D eigenvalue weighted by molar-refractivity contribution is 5.65. The van der Waals surface area contributed by atoms with Crippen molar-refractivity contribution in [2.45, 2.75) is 19.4 Å².